The van der Waals surface area contributed by atoms with Gasteiger partial charge in [0.05, 0.1) is 23.9 Å². The van der Waals surface area contributed by atoms with E-state index < -0.39 is 0 Å². The van der Waals surface area contributed by atoms with Crippen molar-refractivity contribution in [2.45, 2.75) is 20.0 Å². The number of ether oxygens (including phenoxy) is 2. The first-order chi connectivity index (χ1) is 8.93. The van der Waals surface area contributed by atoms with Gasteiger partial charge in [0.2, 0.25) is 5.96 Å². The summed E-state index contributed by atoms with van der Waals surface area (Å²) in [5.41, 5.74) is 11.1. The Morgan fingerprint density at radius 3 is 2.58 bits per heavy atom. The zero-order chi connectivity index (χ0) is 14.4. The lowest BCUT2D eigenvalue weighted by atomic mass is 10.2. The van der Waals surface area contributed by atoms with Crippen LogP contribution in [0.15, 0.2) is 26.8 Å². The fourth-order valence-electron chi connectivity index (χ4n) is 1.33. The molecule has 0 spiro atoms. The molecule has 0 fully saturated rings. The van der Waals surface area contributed by atoms with Gasteiger partial charge in [0.1, 0.15) is 0 Å². The Bertz CT molecular complexity index is 497. The number of rotatable bonds is 5. The fourth-order valence-corrected chi connectivity index (χ4v) is 1.88. The molecule has 0 aliphatic heterocycles. The normalized spacial score (nSPS) is 10.8. The first kappa shape index (κ1) is 15.3. The van der Waals surface area contributed by atoms with Crippen LogP contribution in [0.2, 0.25) is 0 Å². The summed E-state index contributed by atoms with van der Waals surface area (Å²) in [5, 5.41) is 7.27. The number of nitrogens with zero attached hydrogens (tertiary/aromatic N) is 2. The number of benzene rings is 1. The number of nitrogens with two attached hydrogens (primary N) is 2. The van der Waals surface area contributed by atoms with E-state index in [2.05, 4.69) is 26.1 Å². The molecule has 19 heavy (non-hydrogen) atoms. The van der Waals surface area contributed by atoms with Gasteiger partial charge >= 0.3 is 0 Å². The van der Waals surface area contributed by atoms with Crippen molar-refractivity contribution < 1.29 is 9.47 Å². The van der Waals surface area contributed by atoms with E-state index >= 15 is 0 Å². The van der Waals surface area contributed by atoms with Crippen LogP contribution in [0, 0.1) is 0 Å². The second-order valence-electron chi connectivity index (χ2n) is 3.97. The maximum atomic E-state index is 5.68. The first-order valence-electron chi connectivity index (χ1n) is 5.60. The second-order valence-corrected chi connectivity index (χ2v) is 4.82. The number of hydrogen-bond acceptors (Lipinski definition) is 4. The number of guanidine groups is 1. The first-order valence-corrected chi connectivity index (χ1v) is 6.39. The third-order valence-electron chi connectivity index (χ3n) is 1.99. The molecule has 0 radical (unpaired) electrons. The predicted octanol–water partition coefficient (Wildman–Crippen LogP) is 1.85. The molecule has 1 rings (SSSR count). The van der Waals surface area contributed by atoms with Crippen molar-refractivity contribution in [2.75, 3.05) is 7.11 Å². The van der Waals surface area contributed by atoms with Crippen LogP contribution >= 0.6 is 15.9 Å². The zero-order valence-electron chi connectivity index (χ0n) is 11.1. The van der Waals surface area contributed by atoms with Crippen LogP contribution in [0.5, 0.6) is 11.5 Å². The van der Waals surface area contributed by atoms with Crippen molar-refractivity contribution in [3.8, 4) is 11.5 Å². The highest BCUT2D eigenvalue weighted by Crippen LogP contribution is 2.36. The molecular weight excluding hydrogens is 312 g/mol. The van der Waals surface area contributed by atoms with Crippen LogP contribution < -0.4 is 20.9 Å². The molecular formula is C12H17BrN4O2. The van der Waals surface area contributed by atoms with E-state index in [0.29, 0.717) is 11.5 Å². The lowest BCUT2D eigenvalue weighted by molar-refractivity contribution is 0.228. The summed E-state index contributed by atoms with van der Waals surface area (Å²) >= 11 is 3.44. The predicted molar refractivity (Wildman–Crippen MR) is 79.9 cm³/mol. The summed E-state index contributed by atoms with van der Waals surface area (Å²) in [7, 11) is 1.58. The topological polar surface area (TPSA) is 95.2 Å². The largest absolute Gasteiger partial charge is 0.493 e. The average Bonchev–Trinajstić information content (AvgIpc) is 2.31. The summed E-state index contributed by atoms with van der Waals surface area (Å²) < 4.78 is 11.7. The summed E-state index contributed by atoms with van der Waals surface area (Å²) in [6.45, 7) is 3.89. The number of hydrogen-bond donors (Lipinski definition) is 2. The maximum absolute atomic E-state index is 5.68. The number of methoxy groups -OCH3 is 1. The van der Waals surface area contributed by atoms with Gasteiger partial charge in [0.25, 0.3) is 0 Å². The Balaban J connectivity index is 3.08. The molecule has 0 aliphatic rings. The highest BCUT2D eigenvalue weighted by atomic mass is 79.9. The summed E-state index contributed by atoms with van der Waals surface area (Å²) in [4.78, 5) is 0. The maximum Gasteiger partial charge on any atom is 0.211 e. The van der Waals surface area contributed by atoms with Crippen molar-refractivity contribution in [2.24, 2.45) is 21.7 Å². The Morgan fingerprint density at radius 2 is 2.05 bits per heavy atom. The van der Waals surface area contributed by atoms with Gasteiger partial charge in [-0.3, -0.25) is 0 Å². The van der Waals surface area contributed by atoms with E-state index in [9.17, 15) is 0 Å². The minimum absolute atomic E-state index is 0.0476. The quantitative estimate of drug-likeness (QED) is 0.490. The molecule has 0 amide bonds. The highest BCUT2D eigenvalue weighted by Gasteiger charge is 2.12. The van der Waals surface area contributed by atoms with Gasteiger partial charge in [0.15, 0.2) is 11.5 Å². The van der Waals surface area contributed by atoms with Gasteiger partial charge in [-0.1, -0.05) is 0 Å². The highest BCUT2D eigenvalue weighted by molar-refractivity contribution is 9.10. The minimum Gasteiger partial charge on any atom is -0.493 e. The molecule has 0 saturated heterocycles. The van der Waals surface area contributed by atoms with Gasteiger partial charge in [-0.15, -0.1) is 5.10 Å². The van der Waals surface area contributed by atoms with Crippen LogP contribution in [-0.4, -0.2) is 25.4 Å². The molecule has 104 valence electrons. The molecule has 1 aromatic rings. The van der Waals surface area contributed by atoms with Crippen LogP contribution in [0.1, 0.15) is 19.4 Å². The fraction of sp³-hybridized carbons (Fsp3) is 0.333. The van der Waals surface area contributed by atoms with E-state index in [-0.39, 0.29) is 12.1 Å². The molecule has 0 unspecified atom stereocenters. The smallest absolute Gasteiger partial charge is 0.211 e. The third-order valence-corrected chi connectivity index (χ3v) is 2.57. The average molecular weight is 329 g/mol. The summed E-state index contributed by atoms with van der Waals surface area (Å²) in [6.07, 6.45) is 1.57. The molecule has 0 bridgehead atoms. The Morgan fingerprint density at radius 1 is 1.37 bits per heavy atom. The molecule has 0 saturated carbocycles. The zero-order valence-corrected chi connectivity index (χ0v) is 12.6. The van der Waals surface area contributed by atoms with E-state index in [0.717, 1.165) is 10.0 Å². The monoisotopic (exact) mass is 328 g/mol. The van der Waals surface area contributed by atoms with Crippen LogP contribution in [-0.2, 0) is 0 Å². The van der Waals surface area contributed by atoms with E-state index in [1.807, 2.05) is 19.9 Å². The summed E-state index contributed by atoms with van der Waals surface area (Å²) in [6, 6.07) is 3.63. The van der Waals surface area contributed by atoms with E-state index in [1.54, 1.807) is 13.2 Å². The third kappa shape index (κ3) is 4.78. The van der Waals surface area contributed by atoms with Crippen LogP contribution in [0.25, 0.3) is 0 Å². The lowest BCUT2D eigenvalue weighted by Gasteiger charge is -2.15. The minimum atomic E-state index is -0.0953. The molecule has 0 atom stereocenters. The second kappa shape index (κ2) is 6.98. The Kier molecular flexibility index (Phi) is 5.62. The molecule has 0 heterocycles. The van der Waals surface area contributed by atoms with E-state index in [4.69, 9.17) is 20.9 Å². The van der Waals surface area contributed by atoms with Gasteiger partial charge in [-0.2, -0.15) is 5.10 Å². The number of halogens is 1. The van der Waals surface area contributed by atoms with Crippen LogP contribution in [0.4, 0.5) is 0 Å². The Labute approximate surface area is 120 Å². The SMILES string of the molecule is COc1cc(C=NN=C(N)N)cc(Br)c1OC(C)C. The van der Waals surface area contributed by atoms with Gasteiger partial charge in [-0.25, -0.2) is 0 Å². The van der Waals surface area contributed by atoms with Gasteiger partial charge < -0.3 is 20.9 Å². The van der Waals surface area contributed by atoms with Gasteiger partial charge in [-0.05, 0) is 47.5 Å². The summed E-state index contributed by atoms with van der Waals surface area (Å²) in [5.74, 6) is 1.16. The van der Waals surface area contributed by atoms with Crippen molar-refractivity contribution >= 4 is 28.1 Å². The molecule has 1 aromatic carbocycles. The van der Waals surface area contributed by atoms with Crippen molar-refractivity contribution in [3.05, 3.63) is 22.2 Å². The van der Waals surface area contributed by atoms with Gasteiger partial charge in [0, 0.05) is 0 Å². The molecule has 7 heteroatoms. The van der Waals surface area contributed by atoms with Crippen molar-refractivity contribution in [1.82, 2.24) is 0 Å². The Hall–Kier alpha value is -1.76. The van der Waals surface area contributed by atoms with E-state index in [1.165, 1.54) is 6.21 Å². The standard InChI is InChI=1S/C12H17BrN4O2/c1-7(2)19-11-9(13)4-8(5-10(11)18-3)6-16-17-12(14)15/h4-7H,1-3H3,(H4,14,15,17). The molecule has 0 aliphatic carbocycles. The molecule has 4 N–H and O–H groups in total. The van der Waals surface area contributed by atoms with Crippen molar-refractivity contribution in [3.63, 3.8) is 0 Å². The van der Waals surface area contributed by atoms with Crippen molar-refractivity contribution in [1.29, 1.82) is 0 Å². The lowest BCUT2D eigenvalue weighted by Crippen LogP contribution is -2.21. The molecule has 0 aromatic heterocycles. The molecule has 6 nitrogen and oxygen atoms in total. The van der Waals surface area contributed by atoms with Crippen LogP contribution in [0.3, 0.4) is 0 Å².